The smallest absolute Gasteiger partial charge is 0.329 e. The second-order valence-corrected chi connectivity index (χ2v) is 6.81. The third-order valence-corrected chi connectivity index (χ3v) is 4.72. The van der Waals surface area contributed by atoms with E-state index in [2.05, 4.69) is 20.3 Å². The number of imidazole rings is 1. The van der Waals surface area contributed by atoms with Gasteiger partial charge < -0.3 is 14.6 Å². The molecule has 0 atom stereocenters. The molecule has 4 aromatic rings. The summed E-state index contributed by atoms with van der Waals surface area (Å²) in [6.45, 7) is 1.47. The van der Waals surface area contributed by atoms with Crippen LogP contribution in [0, 0.1) is 0 Å². The molecule has 2 N–H and O–H groups in total. The number of nitrogens with zero attached hydrogens (tertiary/aromatic N) is 4. The SMILES string of the molecule is Cn1c(=O)[nH]c(=O)c2c1nc(NCc1cccnc1)n2CCCOc1ccccc1. The van der Waals surface area contributed by atoms with Crippen LogP contribution in [0.15, 0.2) is 64.4 Å². The lowest BCUT2D eigenvalue weighted by atomic mass is 10.3. The number of ether oxygens (including phenoxy) is 1. The fourth-order valence-corrected chi connectivity index (χ4v) is 3.20. The molecule has 0 unspecified atom stereocenters. The molecule has 0 aliphatic heterocycles. The van der Waals surface area contributed by atoms with Crippen LogP contribution >= 0.6 is 0 Å². The van der Waals surface area contributed by atoms with Crippen molar-refractivity contribution in [2.75, 3.05) is 11.9 Å². The van der Waals surface area contributed by atoms with E-state index in [1.807, 2.05) is 42.5 Å². The van der Waals surface area contributed by atoms with Gasteiger partial charge in [0.2, 0.25) is 5.95 Å². The summed E-state index contributed by atoms with van der Waals surface area (Å²) in [5.74, 6) is 1.31. The highest BCUT2D eigenvalue weighted by atomic mass is 16.5. The van der Waals surface area contributed by atoms with Gasteiger partial charge in [-0.1, -0.05) is 24.3 Å². The Morgan fingerprint density at radius 2 is 1.97 bits per heavy atom. The molecule has 30 heavy (non-hydrogen) atoms. The first-order chi connectivity index (χ1) is 14.6. The van der Waals surface area contributed by atoms with E-state index in [-0.39, 0.29) is 0 Å². The first-order valence-electron chi connectivity index (χ1n) is 9.63. The van der Waals surface area contributed by atoms with E-state index >= 15 is 0 Å². The van der Waals surface area contributed by atoms with Crippen molar-refractivity contribution in [1.82, 2.24) is 24.1 Å². The van der Waals surface area contributed by atoms with Gasteiger partial charge in [0, 0.05) is 32.5 Å². The summed E-state index contributed by atoms with van der Waals surface area (Å²) in [5, 5.41) is 3.25. The van der Waals surface area contributed by atoms with Crippen molar-refractivity contribution in [2.45, 2.75) is 19.5 Å². The van der Waals surface area contributed by atoms with Gasteiger partial charge in [-0.3, -0.25) is 19.3 Å². The van der Waals surface area contributed by atoms with Gasteiger partial charge in [-0.2, -0.15) is 4.98 Å². The maximum atomic E-state index is 12.5. The van der Waals surface area contributed by atoms with Gasteiger partial charge in [-0.25, -0.2) is 4.79 Å². The van der Waals surface area contributed by atoms with Crippen LogP contribution < -0.4 is 21.3 Å². The van der Waals surface area contributed by atoms with Crippen molar-refractivity contribution in [3.63, 3.8) is 0 Å². The molecule has 0 radical (unpaired) electrons. The predicted molar refractivity (Wildman–Crippen MR) is 114 cm³/mol. The van der Waals surface area contributed by atoms with E-state index < -0.39 is 11.2 Å². The molecule has 0 spiro atoms. The number of anilines is 1. The van der Waals surface area contributed by atoms with Crippen molar-refractivity contribution < 1.29 is 4.74 Å². The molecular formula is C21H22N6O3. The highest BCUT2D eigenvalue weighted by Crippen LogP contribution is 2.17. The molecule has 3 aromatic heterocycles. The van der Waals surface area contributed by atoms with E-state index in [0.717, 1.165) is 11.3 Å². The standard InChI is InChI=1S/C21H22N6O3/c1-26-18-17(19(28)25-21(26)29)27(11-6-12-30-16-8-3-2-4-9-16)20(24-18)23-14-15-7-5-10-22-13-15/h2-5,7-10,13H,6,11-12,14H2,1H3,(H,23,24)(H,25,28,29). The fraction of sp³-hybridized carbons (Fsp3) is 0.238. The molecule has 0 aliphatic carbocycles. The average Bonchev–Trinajstić information content (AvgIpc) is 3.14. The summed E-state index contributed by atoms with van der Waals surface area (Å²) in [6, 6.07) is 13.4. The van der Waals surface area contributed by atoms with Crippen LogP contribution in [0.3, 0.4) is 0 Å². The number of H-pyrrole nitrogens is 1. The zero-order valence-corrected chi connectivity index (χ0v) is 16.5. The number of hydrogen-bond acceptors (Lipinski definition) is 6. The minimum atomic E-state index is -0.497. The normalized spacial score (nSPS) is 11.0. The van der Waals surface area contributed by atoms with Gasteiger partial charge in [0.1, 0.15) is 5.75 Å². The van der Waals surface area contributed by atoms with Crippen LogP contribution in [-0.2, 0) is 20.1 Å². The number of aryl methyl sites for hydroxylation is 2. The number of benzene rings is 1. The molecule has 154 valence electrons. The summed E-state index contributed by atoms with van der Waals surface area (Å²) < 4.78 is 8.88. The lowest BCUT2D eigenvalue weighted by Gasteiger charge is -2.11. The average molecular weight is 406 g/mol. The molecule has 0 saturated carbocycles. The quantitative estimate of drug-likeness (QED) is 0.433. The van der Waals surface area contributed by atoms with Crippen LogP contribution in [0.25, 0.3) is 11.2 Å². The summed E-state index contributed by atoms with van der Waals surface area (Å²) in [7, 11) is 1.58. The van der Waals surface area contributed by atoms with Crippen LogP contribution in [0.2, 0.25) is 0 Å². The minimum Gasteiger partial charge on any atom is -0.494 e. The molecule has 0 fully saturated rings. The van der Waals surface area contributed by atoms with Crippen molar-refractivity contribution in [3.8, 4) is 5.75 Å². The Labute approximate surface area is 172 Å². The van der Waals surface area contributed by atoms with Gasteiger partial charge in [0.15, 0.2) is 11.2 Å². The Morgan fingerprint density at radius 3 is 2.73 bits per heavy atom. The largest absolute Gasteiger partial charge is 0.494 e. The van der Waals surface area contributed by atoms with E-state index in [9.17, 15) is 9.59 Å². The van der Waals surface area contributed by atoms with Crippen molar-refractivity contribution >= 4 is 17.1 Å². The summed E-state index contributed by atoms with van der Waals surface area (Å²) in [6.07, 6.45) is 4.13. The first kappa shape index (κ1) is 19.4. The number of fused-ring (bicyclic) bond motifs is 1. The third kappa shape index (κ3) is 4.09. The lowest BCUT2D eigenvalue weighted by Crippen LogP contribution is -2.29. The van der Waals surface area contributed by atoms with Crippen LogP contribution in [0.5, 0.6) is 5.75 Å². The first-order valence-corrected chi connectivity index (χ1v) is 9.63. The topological polar surface area (TPSA) is 107 Å². The maximum Gasteiger partial charge on any atom is 0.329 e. The second-order valence-electron chi connectivity index (χ2n) is 6.81. The Hall–Kier alpha value is -3.88. The Morgan fingerprint density at radius 1 is 1.13 bits per heavy atom. The van der Waals surface area contributed by atoms with Gasteiger partial charge in [-0.15, -0.1) is 0 Å². The van der Waals surface area contributed by atoms with Crippen LogP contribution in [0.1, 0.15) is 12.0 Å². The van der Waals surface area contributed by atoms with Gasteiger partial charge in [0.05, 0.1) is 6.61 Å². The van der Waals surface area contributed by atoms with E-state index in [1.165, 1.54) is 4.57 Å². The molecule has 0 bridgehead atoms. The number of aromatic amines is 1. The van der Waals surface area contributed by atoms with Crippen LogP contribution in [-0.4, -0.2) is 30.7 Å². The number of aromatic nitrogens is 5. The van der Waals surface area contributed by atoms with Gasteiger partial charge >= 0.3 is 5.69 Å². The maximum absolute atomic E-state index is 12.5. The summed E-state index contributed by atoms with van der Waals surface area (Å²) in [5.41, 5.74) is 0.709. The van der Waals surface area contributed by atoms with Crippen molar-refractivity contribution in [2.24, 2.45) is 7.05 Å². The molecule has 3 heterocycles. The molecule has 9 heteroatoms. The molecule has 0 aliphatic rings. The summed E-state index contributed by atoms with van der Waals surface area (Å²) >= 11 is 0. The number of para-hydroxylation sites is 1. The molecule has 0 saturated heterocycles. The Kier molecular flexibility index (Phi) is 5.60. The number of hydrogen-bond donors (Lipinski definition) is 2. The highest BCUT2D eigenvalue weighted by Gasteiger charge is 2.17. The zero-order chi connectivity index (χ0) is 20.9. The van der Waals surface area contributed by atoms with Crippen LogP contribution in [0.4, 0.5) is 5.95 Å². The molecule has 1 aromatic carbocycles. The monoisotopic (exact) mass is 406 g/mol. The lowest BCUT2D eigenvalue weighted by molar-refractivity contribution is 0.303. The Balaban J connectivity index is 1.58. The van der Waals surface area contributed by atoms with Crippen molar-refractivity contribution in [1.29, 1.82) is 0 Å². The third-order valence-electron chi connectivity index (χ3n) is 4.72. The van der Waals surface area contributed by atoms with Crippen molar-refractivity contribution in [3.05, 3.63) is 81.3 Å². The highest BCUT2D eigenvalue weighted by molar-refractivity contribution is 5.74. The van der Waals surface area contributed by atoms with E-state index in [1.54, 1.807) is 24.0 Å². The number of pyridine rings is 1. The summed E-state index contributed by atoms with van der Waals surface area (Å²) in [4.78, 5) is 35.5. The van der Waals surface area contributed by atoms with Gasteiger partial charge in [-0.05, 0) is 30.2 Å². The molecule has 0 amide bonds. The number of nitrogens with one attached hydrogen (secondary N) is 2. The van der Waals surface area contributed by atoms with E-state index in [0.29, 0.717) is 43.2 Å². The zero-order valence-electron chi connectivity index (χ0n) is 16.5. The minimum absolute atomic E-state index is 0.335. The molecular weight excluding hydrogens is 384 g/mol. The predicted octanol–water partition coefficient (Wildman–Crippen LogP) is 1.90. The van der Waals surface area contributed by atoms with Gasteiger partial charge in [0.25, 0.3) is 5.56 Å². The molecule has 9 nitrogen and oxygen atoms in total. The number of rotatable bonds is 8. The van der Waals surface area contributed by atoms with E-state index in [4.69, 9.17) is 4.74 Å². The fourth-order valence-electron chi connectivity index (χ4n) is 3.20. The second kappa shape index (κ2) is 8.64. The molecule has 4 rings (SSSR count). The Bertz CT molecular complexity index is 1240.